The molecule has 0 N–H and O–H groups in total. The SMILES string of the molecule is CC(C#N)OC(=O)c1ccccc1C(=O)c1cccs1. The second-order valence-electron chi connectivity index (χ2n) is 4.03. The highest BCUT2D eigenvalue weighted by Crippen LogP contribution is 2.19. The molecule has 1 aromatic carbocycles. The van der Waals surface area contributed by atoms with Gasteiger partial charge in [-0.05, 0) is 24.4 Å². The molecule has 0 fully saturated rings. The number of ketones is 1. The van der Waals surface area contributed by atoms with Crippen molar-refractivity contribution in [2.45, 2.75) is 13.0 Å². The molecule has 5 heteroatoms. The number of hydrogen-bond donors (Lipinski definition) is 0. The van der Waals surface area contributed by atoms with Gasteiger partial charge < -0.3 is 4.74 Å². The first-order valence-electron chi connectivity index (χ1n) is 5.91. The molecule has 2 aromatic rings. The summed E-state index contributed by atoms with van der Waals surface area (Å²) in [6, 6.07) is 11.7. The van der Waals surface area contributed by atoms with Crippen LogP contribution in [-0.4, -0.2) is 17.9 Å². The van der Waals surface area contributed by atoms with E-state index in [1.54, 1.807) is 35.7 Å². The fraction of sp³-hybridized carbons (Fsp3) is 0.133. The van der Waals surface area contributed by atoms with Gasteiger partial charge in [-0.2, -0.15) is 5.26 Å². The number of esters is 1. The summed E-state index contributed by atoms with van der Waals surface area (Å²) in [4.78, 5) is 24.9. The molecule has 2 rings (SSSR count). The van der Waals surface area contributed by atoms with Crippen LogP contribution in [0.5, 0.6) is 0 Å². The van der Waals surface area contributed by atoms with E-state index in [9.17, 15) is 9.59 Å². The molecule has 0 saturated carbocycles. The van der Waals surface area contributed by atoms with E-state index < -0.39 is 12.1 Å². The van der Waals surface area contributed by atoms with Crippen LogP contribution in [0.25, 0.3) is 0 Å². The maximum atomic E-state index is 12.3. The second-order valence-corrected chi connectivity index (χ2v) is 4.98. The van der Waals surface area contributed by atoms with Crippen LogP contribution in [0.2, 0.25) is 0 Å². The van der Waals surface area contributed by atoms with Crippen molar-refractivity contribution in [2.24, 2.45) is 0 Å². The van der Waals surface area contributed by atoms with Gasteiger partial charge in [0.2, 0.25) is 5.78 Å². The summed E-state index contributed by atoms with van der Waals surface area (Å²) < 4.78 is 4.94. The van der Waals surface area contributed by atoms with Crippen LogP contribution in [0.15, 0.2) is 41.8 Å². The van der Waals surface area contributed by atoms with E-state index >= 15 is 0 Å². The van der Waals surface area contributed by atoms with Gasteiger partial charge in [-0.3, -0.25) is 4.79 Å². The molecule has 0 aliphatic rings. The van der Waals surface area contributed by atoms with Crippen molar-refractivity contribution >= 4 is 23.1 Å². The zero-order valence-corrected chi connectivity index (χ0v) is 11.5. The van der Waals surface area contributed by atoms with Gasteiger partial charge in [0.25, 0.3) is 0 Å². The third kappa shape index (κ3) is 2.92. The number of ether oxygens (including phenoxy) is 1. The molecule has 0 aliphatic heterocycles. The molecular formula is C15H11NO3S. The average molecular weight is 285 g/mol. The summed E-state index contributed by atoms with van der Waals surface area (Å²) >= 11 is 1.31. The Balaban J connectivity index is 2.34. The highest BCUT2D eigenvalue weighted by Gasteiger charge is 2.20. The topological polar surface area (TPSA) is 67.2 Å². The second kappa shape index (κ2) is 6.13. The van der Waals surface area contributed by atoms with E-state index in [-0.39, 0.29) is 16.9 Å². The monoisotopic (exact) mass is 285 g/mol. The van der Waals surface area contributed by atoms with Gasteiger partial charge in [0, 0.05) is 5.56 Å². The highest BCUT2D eigenvalue weighted by molar-refractivity contribution is 7.12. The molecule has 0 spiro atoms. The number of carbonyl (C=O) groups excluding carboxylic acids is 2. The fourth-order valence-electron chi connectivity index (χ4n) is 1.65. The lowest BCUT2D eigenvalue weighted by Crippen LogP contribution is -2.16. The number of rotatable bonds is 4. The smallest absolute Gasteiger partial charge is 0.340 e. The first kappa shape index (κ1) is 14.0. The maximum absolute atomic E-state index is 12.3. The van der Waals surface area contributed by atoms with Crippen LogP contribution < -0.4 is 0 Å². The molecule has 0 bridgehead atoms. The van der Waals surface area contributed by atoms with E-state index in [0.29, 0.717) is 4.88 Å². The highest BCUT2D eigenvalue weighted by atomic mass is 32.1. The molecule has 1 heterocycles. The van der Waals surface area contributed by atoms with Gasteiger partial charge in [-0.25, -0.2) is 4.79 Å². The van der Waals surface area contributed by atoms with Gasteiger partial charge in [0.1, 0.15) is 6.07 Å². The van der Waals surface area contributed by atoms with Gasteiger partial charge in [0.15, 0.2) is 6.10 Å². The number of hydrogen-bond acceptors (Lipinski definition) is 5. The minimum atomic E-state index is -0.854. The van der Waals surface area contributed by atoms with Crippen LogP contribution >= 0.6 is 11.3 Å². The van der Waals surface area contributed by atoms with Crippen LogP contribution in [0.1, 0.15) is 32.5 Å². The molecule has 0 amide bonds. The molecule has 0 aliphatic carbocycles. The Morgan fingerprint density at radius 1 is 1.20 bits per heavy atom. The Labute approximate surface area is 120 Å². The number of benzene rings is 1. The minimum Gasteiger partial charge on any atom is -0.444 e. The third-order valence-corrected chi connectivity index (χ3v) is 3.47. The van der Waals surface area contributed by atoms with Crippen molar-refractivity contribution in [1.29, 1.82) is 5.26 Å². The van der Waals surface area contributed by atoms with Gasteiger partial charge >= 0.3 is 5.97 Å². The van der Waals surface area contributed by atoms with E-state index in [4.69, 9.17) is 10.00 Å². The molecule has 0 radical (unpaired) electrons. The zero-order chi connectivity index (χ0) is 14.5. The Morgan fingerprint density at radius 3 is 2.50 bits per heavy atom. The normalized spacial score (nSPS) is 11.4. The lowest BCUT2D eigenvalue weighted by molar-refractivity contribution is 0.0433. The van der Waals surface area contributed by atoms with Crippen molar-refractivity contribution in [3.63, 3.8) is 0 Å². The largest absolute Gasteiger partial charge is 0.444 e. The summed E-state index contributed by atoms with van der Waals surface area (Å²) in [5.74, 6) is -0.892. The third-order valence-electron chi connectivity index (χ3n) is 2.60. The first-order chi connectivity index (χ1) is 9.63. The lowest BCUT2D eigenvalue weighted by Gasteiger charge is -2.09. The first-order valence-corrected chi connectivity index (χ1v) is 6.79. The van der Waals surface area contributed by atoms with E-state index in [2.05, 4.69) is 0 Å². The van der Waals surface area contributed by atoms with Crippen molar-refractivity contribution in [3.8, 4) is 6.07 Å². The summed E-state index contributed by atoms with van der Waals surface area (Å²) in [5, 5.41) is 10.5. The van der Waals surface area contributed by atoms with E-state index in [1.165, 1.54) is 24.3 Å². The summed E-state index contributed by atoms with van der Waals surface area (Å²) in [5.41, 5.74) is 0.457. The van der Waals surface area contributed by atoms with E-state index in [1.807, 2.05) is 6.07 Å². The Bertz CT molecular complexity index is 671. The summed E-state index contributed by atoms with van der Waals surface area (Å²) in [6.07, 6.45) is -0.854. The Hall–Kier alpha value is -2.45. The maximum Gasteiger partial charge on any atom is 0.340 e. The standard InChI is InChI=1S/C15H11NO3S/c1-10(9-16)19-15(18)12-6-3-2-5-11(12)14(17)13-7-4-8-20-13/h2-8,10H,1H3. The van der Waals surface area contributed by atoms with Crippen LogP contribution in [-0.2, 0) is 4.74 Å². The molecule has 1 unspecified atom stereocenters. The predicted octanol–water partition coefficient (Wildman–Crippen LogP) is 3.05. The zero-order valence-electron chi connectivity index (χ0n) is 10.7. The van der Waals surface area contributed by atoms with Crippen molar-refractivity contribution < 1.29 is 14.3 Å². The van der Waals surface area contributed by atoms with Crippen LogP contribution in [0.4, 0.5) is 0 Å². The summed E-state index contributed by atoms with van der Waals surface area (Å²) in [6.45, 7) is 1.47. The molecule has 0 saturated heterocycles. The molecule has 4 nitrogen and oxygen atoms in total. The molecule has 20 heavy (non-hydrogen) atoms. The fourth-order valence-corrected chi connectivity index (χ4v) is 2.33. The van der Waals surface area contributed by atoms with Crippen LogP contribution in [0, 0.1) is 11.3 Å². The van der Waals surface area contributed by atoms with Crippen molar-refractivity contribution in [3.05, 3.63) is 57.8 Å². The number of nitriles is 1. The van der Waals surface area contributed by atoms with Gasteiger partial charge in [0.05, 0.1) is 10.4 Å². The lowest BCUT2D eigenvalue weighted by atomic mass is 10.0. The average Bonchev–Trinajstić information content (AvgIpc) is 3.00. The summed E-state index contributed by atoms with van der Waals surface area (Å²) in [7, 11) is 0. The predicted molar refractivity (Wildman–Crippen MR) is 74.7 cm³/mol. The molecule has 1 aromatic heterocycles. The minimum absolute atomic E-state index is 0.174. The molecule has 100 valence electrons. The number of carbonyl (C=O) groups is 2. The molecular weight excluding hydrogens is 274 g/mol. The van der Waals surface area contributed by atoms with Crippen LogP contribution in [0.3, 0.4) is 0 Å². The van der Waals surface area contributed by atoms with Gasteiger partial charge in [-0.1, -0.05) is 24.3 Å². The number of thiophene rings is 1. The van der Waals surface area contributed by atoms with Crippen molar-refractivity contribution in [1.82, 2.24) is 0 Å². The van der Waals surface area contributed by atoms with Crippen molar-refractivity contribution in [2.75, 3.05) is 0 Å². The Morgan fingerprint density at radius 2 is 1.90 bits per heavy atom. The van der Waals surface area contributed by atoms with Gasteiger partial charge in [-0.15, -0.1) is 11.3 Å². The molecule has 1 atom stereocenters. The Kier molecular flexibility index (Phi) is 4.28. The number of nitrogens with zero attached hydrogens (tertiary/aromatic N) is 1. The quantitative estimate of drug-likeness (QED) is 0.639. The van der Waals surface area contributed by atoms with E-state index in [0.717, 1.165) is 0 Å².